The second kappa shape index (κ2) is 35.7. The summed E-state index contributed by atoms with van der Waals surface area (Å²) in [5, 5.41) is 0. The molecule has 0 saturated carbocycles. The van der Waals surface area contributed by atoms with Crippen molar-refractivity contribution in [1.82, 2.24) is 29.9 Å². The molecule has 0 atom stereocenters. The van der Waals surface area contributed by atoms with Gasteiger partial charge in [0.15, 0.2) is 0 Å². The fraction of sp³-hybridized carbons (Fsp3) is 0.395. The Morgan fingerprint density at radius 1 is 0.437 bits per heavy atom. The van der Waals surface area contributed by atoms with Gasteiger partial charge in [0.25, 0.3) is 0 Å². The molecule has 4 aliphatic rings. The van der Waals surface area contributed by atoms with Crippen LogP contribution in [0.25, 0.3) is 67.6 Å². The van der Waals surface area contributed by atoms with Crippen LogP contribution in [0.15, 0.2) is 86.4 Å². The standard InChI is InChI=1S/C46H52N4O8.C35H44N4O4.2BrH/c1-12-26-28(14-3)44-43(42-32(46(53)58-11)16-25(54-7)17-39(42)55-8)45-29(15-4)27(13-2)36(50-45)21-34-24(6)31(19-41(52)57-10)38(48-34)22-37-30(18-40(51)56-9)23(5)33(47-37)20-35(26)49-44;1-9-22-18-36-30(24(22)11-3)15-28-20(5)26(13-34(40)42-7)32(38-28)17-33-27(14-35(41)43-8)21(6)29(39-33)16-31-25(12-4)23(10-2)19-37-31;;/h16-17,20-22,47,49H,12-15,18-19H2,1-11H3;15-16,18-19,36-37H,9-14,17H2,1-8H3;2*1H/p-2/b;28-15-,29-16?;;. The van der Waals surface area contributed by atoms with E-state index in [0.29, 0.717) is 82.9 Å². The van der Waals surface area contributed by atoms with Crippen LogP contribution in [0.4, 0.5) is 0 Å². The summed E-state index contributed by atoms with van der Waals surface area (Å²) in [5.74, 6) is -1.16. The van der Waals surface area contributed by atoms with Crippen molar-refractivity contribution >= 4 is 97.8 Å². The predicted octanol–water partition coefficient (Wildman–Crippen LogP) is 10.2. The highest BCUT2D eigenvalue weighted by atomic mass is 79.9. The fourth-order valence-electron chi connectivity index (χ4n) is 14.3. The van der Waals surface area contributed by atoms with Crippen molar-refractivity contribution in [2.45, 2.75) is 167 Å². The average Bonchev–Trinajstić information content (AvgIpc) is 1.63. The molecule has 0 amide bonds. The van der Waals surface area contributed by atoms with Gasteiger partial charge in [-0.05, 0) is 205 Å². The fourth-order valence-corrected chi connectivity index (χ4v) is 14.3. The van der Waals surface area contributed by atoms with Crippen molar-refractivity contribution in [3.63, 3.8) is 0 Å². The van der Waals surface area contributed by atoms with Crippen LogP contribution in [0, 0.1) is 6.92 Å². The Bertz CT molecular complexity index is 4650. The number of esters is 5. The van der Waals surface area contributed by atoms with Gasteiger partial charge in [-0.1, -0.05) is 55.4 Å². The van der Waals surface area contributed by atoms with Crippen LogP contribution in [-0.4, -0.2) is 121 Å². The highest BCUT2D eigenvalue weighted by Crippen LogP contribution is 2.48. The van der Waals surface area contributed by atoms with E-state index in [2.05, 4.69) is 106 Å². The molecular formula is C81H96Br2N8O12-2. The minimum Gasteiger partial charge on any atom is -1.00 e. The average molecular weight is 1530 g/mol. The molecule has 0 aliphatic carbocycles. The van der Waals surface area contributed by atoms with E-state index in [4.69, 9.17) is 53.1 Å². The number of fused-ring (bicyclic) bond motifs is 8. The Morgan fingerprint density at radius 3 is 1.40 bits per heavy atom. The number of nitrogens with zero attached hydrogens (tertiary/aromatic N) is 4. The number of halogens is 2. The monoisotopic (exact) mass is 1530 g/mol. The van der Waals surface area contributed by atoms with Crippen molar-refractivity contribution in [2.24, 2.45) is 9.98 Å². The molecule has 0 saturated heterocycles. The number of allylic oxidation sites excluding steroid dienone is 5. The summed E-state index contributed by atoms with van der Waals surface area (Å²) in [6, 6.07) is 9.37. The molecule has 103 heavy (non-hydrogen) atoms. The molecule has 4 N–H and O–H groups in total. The number of aromatic nitrogens is 6. The summed E-state index contributed by atoms with van der Waals surface area (Å²) in [4.78, 5) is 99.4. The van der Waals surface area contributed by atoms with E-state index in [-0.39, 0.29) is 83.1 Å². The minimum atomic E-state index is -0.558. The third-order valence-electron chi connectivity index (χ3n) is 19.9. The zero-order chi connectivity index (χ0) is 73.3. The Labute approximate surface area is 624 Å². The lowest BCUT2D eigenvalue weighted by Crippen LogP contribution is -3.00. The molecule has 0 fully saturated rings. The predicted molar refractivity (Wildman–Crippen MR) is 400 cm³/mol. The maximum Gasteiger partial charge on any atom is 0.338 e. The van der Waals surface area contributed by atoms with Crippen molar-refractivity contribution in [2.75, 3.05) is 49.8 Å². The Hall–Kier alpha value is -9.41. The SMILES string of the molecule is CCC1=C(CC)c2nc1cc1nc(cc3[nH]c(cc4[nH]c(c(CC)c4CC)c2-c2c(OC)cc(OC)cc2C(=O)OC)c(C)c3CC(=O)OC)C(CC(=O)OC)=C1C.CCc1c[nH]c(C=C2N=C(CC3=N/C(=C\c4[nH]cc(CC)c4CC)C(C)=C3CC(=O)OC)C(CC(=O)OC)=C2C)c1CC.[Br-].[Br-]. The highest BCUT2D eigenvalue weighted by molar-refractivity contribution is 6.23. The van der Waals surface area contributed by atoms with E-state index in [9.17, 15) is 24.0 Å². The number of ether oxygens (including phenoxy) is 7. The minimum absolute atomic E-state index is 0. The van der Waals surface area contributed by atoms with Gasteiger partial charge in [-0.2, -0.15) is 0 Å². The lowest BCUT2D eigenvalue weighted by molar-refractivity contribution is -0.140. The molecule has 9 heterocycles. The lowest BCUT2D eigenvalue weighted by atomic mass is 9.90. The molecule has 0 radical (unpaired) electrons. The van der Waals surface area contributed by atoms with Crippen molar-refractivity contribution in [1.29, 1.82) is 0 Å². The van der Waals surface area contributed by atoms with Crippen molar-refractivity contribution in [3.8, 4) is 22.6 Å². The van der Waals surface area contributed by atoms with E-state index in [1.54, 1.807) is 19.2 Å². The molecule has 10 rings (SSSR count). The number of nitrogens with one attached hydrogen (secondary N) is 4. The molecule has 0 unspecified atom stereocenters. The number of H-pyrrole nitrogens is 4. The summed E-state index contributed by atoms with van der Waals surface area (Å²) in [5.41, 5.74) is 28.4. The van der Waals surface area contributed by atoms with Gasteiger partial charge in [0.05, 0.1) is 132 Å². The Morgan fingerprint density at radius 2 is 0.932 bits per heavy atom. The number of hydrogen-bond donors (Lipinski definition) is 4. The quantitative estimate of drug-likeness (QED) is 0.0325. The van der Waals surface area contributed by atoms with Gasteiger partial charge in [-0.15, -0.1) is 0 Å². The Balaban J connectivity index is 0.000000295. The molecule has 6 aromatic rings. The van der Waals surface area contributed by atoms with Gasteiger partial charge < -0.3 is 87.1 Å². The molecular weight excluding hydrogens is 1440 g/mol. The third-order valence-corrected chi connectivity index (χ3v) is 19.9. The molecule has 0 spiro atoms. The van der Waals surface area contributed by atoms with Gasteiger partial charge in [0.2, 0.25) is 0 Å². The van der Waals surface area contributed by atoms with Crippen LogP contribution in [0.5, 0.6) is 11.5 Å². The molecule has 22 heteroatoms. The van der Waals surface area contributed by atoms with Crippen LogP contribution >= 0.6 is 0 Å². The number of aromatic amines is 4. The lowest BCUT2D eigenvalue weighted by Gasteiger charge is -2.18. The maximum absolute atomic E-state index is 13.8. The summed E-state index contributed by atoms with van der Waals surface area (Å²) >= 11 is 0. The van der Waals surface area contributed by atoms with Crippen molar-refractivity contribution in [3.05, 3.63) is 161 Å². The smallest absolute Gasteiger partial charge is 0.338 e. The van der Waals surface area contributed by atoms with Gasteiger partial charge in [-0.3, -0.25) is 29.2 Å². The van der Waals surface area contributed by atoms with Crippen LogP contribution in [0.2, 0.25) is 0 Å². The topological polar surface area (TPSA) is 264 Å². The maximum atomic E-state index is 13.8. The zero-order valence-electron chi connectivity index (χ0n) is 62.8. The summed E-state index contributed by atoms with van der Waals surface area (Å²) in [6.45, 7) is 25.0. The summed E-state index contributed by atoms with van der Waals surface area (Å²) in [7, 11) is 9.99. The Kier molecular flexibility index (Phi) is 28.0. The first-order valence-corrected chi connectivity index (χ1v) is 34.8. The van der Waals surface area contributed by atoms with E-state index in [1.165, 1.54) is 64.9 Å². The van der Waals surface area contributed by atoms with E-state index in [1.807, 2.05) is 39.8 Å². The number of aliphatic imine (C=N–C) groups is 2. The number of benzene rings is 1. The molecule has 1 aromatic carbocycles. The number of hydrogen-bond acceptors (Lipinski definition) is 16. The second-order valence-electron chi connectivity index (χ2n) is 25.1. The zero-order valence-corrected chi connectivity index (χ0v) is 66.0. The van der Waals surface area contributed by atoms with E-state index in [0.717, 1.165) is 143 Å². The van der Waals surface area contributed by atoms with Crippen LogP contribution in [-0.2, 0) is 87.8 Å². The normalized spacial score (nSPS) is 14.1. The van der Waals surface area contributed by atoms with E-state index >= 15 is 0 Å². The van der Waals surface area contributed by atoms with Gasteiger partial charge in [0, 0.05) is 63.9 Å². The highest BCUT2D eigenvalue weighted by Gasteiger charge is 2.33. The van der Waals surface area contributed by atoms with Crippen LogP contribution in [0.3, 0.4) is 0 Å². The number of methoxy groups -OCH3 is 7. The number of carbonyl (C=O) groups excluding carboxylic acids is 5. The molecule has 5 aromatic heterocycles. The number of aryl methyl sites for hydroxylation is 5. The largest absolute Gasteiger partial charge is 1.00 e. The van der Waals surface area contributed by atoms with Gasteiger partial charge in [-0.25, -0.2) is 14.8 Å². The van der Waals surface area contributed by atoms with Gasteiger partial charge >= 0.3 is 29.8 Å². The second-order valence-corrected chi connectivity index (χ2v) is 25.1. The molecule has 4 aliphatic heterocycles. The molecule has 8 bridgehead atoms. The van der Waals surface area contributed by atoms with E-state index < -0.39 is 11.9 Å². The molecule has 548 valence electrons. The first-order chi connectivity index (χ1) is 48.6. The first kappa shape index (κ1) is 80.9. The number of rotatable bonds is 24. The third kappa shape index (κ3) is 16.5. The summed E-state index contributed by atoms with van der Waals surface area (Å²) < 4.78 is 37.5. The van der Waals surface area contributed by atoms with Gasteiger partial charge in [0.1, 0.15) is 11.5 Å². The summed E-state index contributed by atoms with van der Waals surface area (Å²) in [6.07, 6.45) is 15.3. The molecule has 20 nitrogen and oxygen atoms in total. The van der Waals surface area contributed by atoms with Crippen LogP contribution < -0.4 is 43.4 Å². The number of carbonyl (C=O) groups is 5. The van der Waals surface area contributed by atoms with Crippen LogP contribution in [0.1, 0.15) is 204 Å². The van der Waals surface area contributed by atoms with Crippen molar-refractivity contribution < 1.29 is 91.1 Å². The first-order valence-electron chi connectivity index (χ1n) is 34.8.